The lowest BCUT2D eigenvalue weighted by Crippen LogP contribution is -2.12. The molecule has 1 aromatic rings. The van der Waals surface area contributed by atoms with Gasteiger partial charge < -0.3 is 10.2 Å². The smallest absolute Gasteiger partial charge is 0.122 e. The highest BCUT2D eigenvalue weighted by molar-refractivity contribution is 5.44. The number of hydrogen-bond donors (Lipinski definition) is 2. The number of aryl methyl sites for hydroxylation is 1. The average molecular weight is 208 g/mol. The summed E-state index contributed by atoms with van der Waals surface area (Å²) < 4.78 is 0. The van der Waals surface area contributed by atoms with Gasteiger partial charge in [0.1, 0.15) is 5.75 Å². The second-order valence-electron chi connectivity index (χ2n) is 4.89. The van der Waals surface area contributed by atoms with E-state index in [-0.39, 0.29) is 12.0 Å². The van der Waals surface area contributed by atoms with Gasteiger partial charge in [-0.2, -0.15) is 0 Å². The first-order chi connectivity index (χ1) is 6.96. The van der Waals surface area contributed by atoms with Gasteiger partial charge in [-0.25, -0.2) is 0 Å². The maximum atomic E-state index is 10.1. The lowest BCUT2D eigenvalue weighted by molar-refractivity contribution is 0.288. The van der Waals surface area contributed by atoms with Crippen LogP contribution in [-0.4, -0.2) is 16.8 Å². The molecule has 0 spiro atoms. The van der Waals surface area contributed by atoms with Gasteiger partial charge in [-0.05, 0) is 29.4 Å². The Bertz CT molecular complexity index is 324. The van der Waals surface area contributed by atoms with Crippen molar-refractivity contribution in [2.24, 2.45) is 0 Å². The summed E-state index contributed by atoms with van der Waals surface area (Å²) in [6.07, 6.45) is 1.42. The molecule has 0 atom stereocenters. The fourth-order valence-electron chi connectivity index (χ4n) is 1.67. The van der Waals surface area contributed by atoms with Crippen molar-refractivity contribution in [2.45, 2.75) is 39.0 Å². The number of para-hydroxylation sites is 1. The Morgan fingerprint density at radius 2 is 1.87 bits per heavy atom. The molecule has 0 saturated heterocycles. The van der Waals surface area contributed by atoms with Crippen molar-refractivity contribution in [3.05, 3.63) is 29.3 Å². The van der Waals surface area contributed by atoms with E-state index in [2.05, 4.69) is 20.8 Å². The summed E-state index contributed by atoms with van der Waals surface area (Å²) in [7, 11) is 0. The lowest BCUT2D eigenvalue weighted by atomic mass is 9.85. The topological polar surface area (TPSA) is 40.5 Å². The first-order valence-corrected chi connectivity index (χ1v) is 5.39. The van der Waals surface area contributed by atoms with Crippen LogP contribution in [-0.2, 0) is 11.8 Å². The van der Waals surface area contributed by atoms with Gasteiger partial charge in [0.05, 0.1) is 0 Å². The predicted molar refractivity (Wildman–Crippen MR) is 62.2 cm³/mol. The normalized spacial score (nSPS) is 11.7. The van der Waals surface area contributed by atoms with Crippen LogP contribution in [0, 0.1) is 0 Å². The van der Waals surface area contributed by atoms with Crippen molar-refractivity contribution in [3.63, 3.8) is 0 Å². The minimum Gasteiger partial charge on any atom is -0.507 e. The molecule has 2 N–H and O–H groups in total. The Hall–Kier alpha value is -1.02. The van der Waals surface area contributed by atoms with Gasteiger partial charge in [0.15, 0.2) is 0 Å². The summed E-state index contributed by atoms with van der Waals surface area (Å²) in [6, 6.07) is 5.84. The molecule has 0 aromatic heterocycles. The van der Waals surface area contributed by atoms with Crippen LogP contribution in [0.3, 0.4) is 0 Å². The van der Waals surface area contributed by atoms with Crippen LogP contribution in [0.4, 0.5) is 0 Å². The van der Waals surface area contributed by atoms with E-state index in [9.17, 15) is 5.11 Å². The van der Waals surface area contributed by atoms with Gasteiger partial charge in [-0.3, -0.25) is 0 Å². The van der Waals surface area contributed by atoms with E-state index >= 15 is 0 Å². The zero-order chi connectivity index (χ0) is 11.5. The molecule has 0 amide bonds. The number of phenols is 1. The number of hydrogen-bond acceptors (Lipinski definition) is 2. The second kappa shape index (κ2) is 4.67. The molecule has 2 nitrogen and oxygen atoms in total. The minimum absolute atomic E-state index is 0.0424. The molecule has 0 unspecified atom stereocenters. The zero-order valence-electron chi connectivity index (χ0n) is 9.75. The van der Waals surface area contributed by atoms with E-state index in [1.54, 1.807) is 0 Å². The molecule has 0 aliphatic heterocycles. The third-order valence-electron chi connectivity index (χ3n) is 2.53. The van der Waals surface area contributed by atoms with Crippen LogP contribution < -0.4 is 0 Å². The number of aliphatic hydroxyl groups excluding tert-OH is 1. The summed E-state index contributed by atoms with van der Waals surface area (Å²) in [6.45, 7) is 6.41. The highest BCUT2D eigenvalue weighted by Crippen LogP contribution is 2.33. The van der Waals surface area contributed by atoms with Crippen LogP contribution in [0.25, 0.3) is 0 Å². The SMILES string of the molecule is CC(C)(C)c1cccc(CCCO)c1O. The zero-order valence-corrected chi connectivity index (χ0v) is 9.75. The Morgan fingerprint density at radius 3 is 2.40 bits per heavy atom. The molecule has 0 heterocycles. The largest absolute Gasteiger partial charge is 0.507 e. The Labute approximate surface area is 91.6 Å². The summed E-state index contributed by atoms with van der Waals surface area (Å²) in [5, 5.41) is 18.8. The third kappa shape index (κ3) is 2.96. The highest BCUT2D eigenvalue weighted by atomic mass is 16.3. The van der Waals surface area contributed by atoms with Gasteiger partial charge in [0.2, 0.25) is 0 Å². The van der Waals surface area contributed by atoms with Crippen molar-refractivity contribution in [1.29, 1.82) is 0 Å². The first kappa shape index (κ1) is 12.1. The summed E-state index contributed by atoms with van der Waals surface area (Å²) >= 11 is 0. The molecule has 1 aromatic carbocycles. The summed E-state index contributed by atoms with van der Waals surface area (Å²) in [5.41, 5.74) is 1.86. The Kier molecular flexibility index (Phi) is 3.75. The van der Waals surface area contributed by atoms with E-state index in [1.807, 2.05) is 18.2 Å². The molecule has 2 heteroatoms. The van der Waals surface area contributed by atoms with E-state index in [1.165, 1.54) is 0 Å². The van der Waals surface area contributed by atoms with Gasteiger partial charge >= 0.3 is 0 Å². The van der Waals surface area contributed by atoms with Crippen molar-refractivity contribution < 1.29 is 10.2 Å². The number of benzene rings is 1. The first-order valence-electron chi connectivity index (χ1n) is 5.39. The van der Waals surface area contributed by atoms with Crippen molar-refractivity contribution in [2.75, 3.05) is 6.61 Å². The Morgan fingerprint density at radius 1 is 1.20 bits per heavy atom. The second-order valence-corrected chi connectivity index (χ2v) is 4.89. The van der Waals surface area contributed by atoms with Gasteiger partial charge in [0.25, 0.3) is 0 Å². The molecular weight excluding hydrogens is 188 g/mol. The maximum absolute atomic E-state index is 10.1. The van der Waals surface area contributed by atoms with E-state index in [0.717, 1.165) is 17.5 Å². The van der Waals surface area contributed by atoms with Gasteiger partial charge in [0, 0.05) is 6.61 Å². The van der Waals surface area contributed by atoms with Gasteiger partial charge in [-0.1, -0.05) is 39.0 Å². The third-order valence-corrected chi connectivity index (χ3v) is 2.53. The molecule has 1 rings (SSSR count). The van der Waals surface area contributed by atoms with Crippen LogP contribution in [0.1, 0.15) is 38.3 Å². The molecule has 0 radical (unpaired) electrons. The number of rotatable bonds is 3. The van der Waals surface area contributed by atoms with Crippen LogP contribution in [0.15, 0.2) is 18.2 Å². The van der Waals surface area contributed by atoms with Gasteiger partial charge in [-0.15, -0.1) is 0 Å². The van der Waals surface area contributed by atoms with Crippen molar-refractivity contribution in [3.8, 4) is 5.75 Å². The monoisotopic (exact) mass is 208 g/mol. The Balaban J connectivity index is 3.01. The predicted octanol–water partition coefficient (Wildman–Crippen LogP) is 2.61. The van der Waals surface area contributed by atoms with Crippen LogP contribution >= 0.6 is 0 Å². The van der Waals surface area contributed by atoms with Crippen LogP contribution in [0.5, 0.6) is 5.75 Å². The minimum atomic E-state index is -0.0424. The average Bonchev–Trinajstić information content (AvgIpc) is 2.14. The molecule has 84 valence electrons. The van der Waals surface area contributed by atoms with Crippen molar-refractivity contribution >= 4 is 0 Å². The molecule has 0 saturated carbocycles. The summed E-state index contributed by atoms with van der Waals surface area (Å²) in [5.74, 6) is 0.387. The molecule has 0 bridgehead atoms. The lowest BCUT2D eigenvalue weighted by Gasteiger charge is -2.21. The highest BCUT2D eigenvalue weighted by Gasteiger charge is 2.19. The quantitative estimate of drug-likeness (QED) is 0.801. The standard InChI is InChI=1S/C13H20O2/c1-13(2,3)11-8-4-6-10(12(11)15)7-5-9-14/h4,6,8,14-15H,5,7,9H2,1-3H3. The molecular formula is C13H20O2. The van der Waals surface area contributed by atoms with Crippen molar-refractivity contribution in [1.82, 2.24) is 0 Å². The molecule has 0 aliphatic rings. The fraction of sp³-hybridized carbons (Fsp3) is 0.538. The van der Waals surface area contributed by atoms with E-state index < -0.39 is 0 Å². The molecule has 15 heavy (non-hydrogen) atoms. The fourth-order valence-corrected chi connectivity index (χ4v) is 1.67. The molecule has 0 aliphatic carbocycles. The number of phenolic OH excluding ortho intramolecular Hbond substituents is 1. The number of aromatic hydroxyl groups is 1. The number of aliphatic hydroxyl groups is 1. The maximum Gasteiger partial charge on any atom is 0.122 e. The molecule has 0 fully saturated rings. The van der Waals surface area contributed by atoms with Crippen LogP contribution in [0.2, 0.25) is 0 Å². The summed E-state index contributed by atoms with van der Waals surface area (Å²) in [4.78, 5) is 0. The van der Waals surface area contributed by atoms with E-state index in [4.69, 9.17) is 5.11 Å². The van der Waals surface area contributed by atoms with E-state index in [0.29, 0.717) is 12.2 Å².